The Kier molecular flexibility index (Phi) is 4.77. The number of ether oxygens (including phenoxy) is 1. The zero-order chi connectivity index (χ0) is 21.5. The molecule has 0 N–H and O–H groups in total. The Morgan fingerprint density at radius 1 is 0.938 bits per heavy atom. The van der Waals surface area contributed by atoms with Crippen molar-refractivity contribution in [3.05, 3.63) is 60.4 Å². The van der Waals surface area contributed by atoms with Gasteiger partial charge in [-0.3, -0.25) is 4.57 Å². The quantitative estimate of drug-likeness (QED) is 0.381. The second-order valence-electron chi connectivity index (χ2n) is 7.61. The van der Waals surface area contributed by atoms with Crippen molar-refractivity contribution in [2.45, 2.75) is 17.1 Å². The largest absolute Gasteiger partial charge is 0.451 e. The number of anilines is 1. The summed E-state index contributed by atoms with van der Waals surface area (Å²) in [5.74, 6) is 0.801. The van der Waals surface area contributed by atoms with Crippen molar-refractivity contribution in [3.8, 4) is 5.69 Å². The highest BCUT2D eigenvalue weighted by atomic mass is 32.2. The smallest absolute Gasteiger partial charge is 0.232 e. The van der Waals surface area contributed by atoms with E-state index in [-0.39, 0.29) is 0 Å². The molecule has 0 atom stereocenters. The molecule has 5 aromatic rings. The Hall–Kier alpha value is -3.43. The molecular weight excluding hydrogens is 424 g/mol. The van der Waals surface area contributed by atoms with Crippen LogP contribution in [0, 0.1) is 6.92 Å². The number of aryl methyl sites for hydroxylation is 1. The molecule has 160 valence electrons. The van der Waals surface area contributed by atoms with Gasteiger partial charge in [-0.05, 0) is 43.0 Å². The van der Waals surface area contributed by atoms with Crippen LogP contribution in [-0.2, 0) is 4.74 Å². The van der Waals surface area contributed by atoms with Gasteiger partial charge in [-0.1, -0.05) is 29.8 Å². The molecule has 0 bridgehead atoms. The number of hydrogen-bond donors (Lipinski definition) is 0. The summed E-state index contributed by atoms with van der Waals surface area (Å²) in [5.41, 5.74) is 4.44. The molecule has 0 radical (unpaired) electrons. The Morgan fingerprint density at radius 3 is 2.59 bits per heavy atom. The maximum Gasteiger partial charge on any atom is 0.232 e. The van der Waals surface area contributed by atoms with E-state index < -0.39 is 0 Å². The Bertz CT molecular complexity index is 1410. The summed E-state index contributed by atoms with van der Waals surface area (Å²) >= 11 is 1.43. The van der Waals surface area contributed by atoms with E-state index in [0.29, 0.717) is 23.8 Å². The predicted octanol–water partition coefficient (Wildman–Crippen LogP) is 4.25. The highest BCUT2D eigenvalue weighted by Gasteiger charge is 2.24. The topological polar surface area (TPSA) is 82.1 Å². The first-order valence-electron chi connectivity index (χ1n) is 10.4. The third-order valence-electron chi connectivity index (χ3n) is 5.52. The number of nitrogens with zero attached hydrogens (tertiary/aromatic N) is 6. The monoisotopic (exact) mass is 444 g/mol. The molecule has 3 aromatic heterocycles. The SMILES string of the molecule is Cc1ccc(-n2c(Sc3ncnc4c3oc3ccccc34)nnc2N2CCOCC2)cc1. The molecule has 8 nitrogen and oxygen atoms in total. The third kappa shape index (κ3) is 3.30. The van der Waals surface area contributed by atoms with Gasteiger partial charge >= 0.3 is 0 Å². The number of aromatic nitrogens is 5. The van der Waals surface area contributed by atoms with Crippen molar-refractivity contribution in [3.63, 3.8) is 0 Å². The average Bonchev–Trinajstić information content (AvgIpc) is 3.43. The molecule has 0 spiro atoms. The van der Waals surface area contributed by atoms with Gasteiger partial charge in [-0.2, -0.15) is 0 Å². The first-order valence-corrected chi connectivity index (χ1v) is 11.2. The van der Waals surface area contributed by atoms with Gasteiger partial charge in [0.1, 0.15) is 17.4 Å². The third-order valence-corrected chi connectivity index (χ3v) is 6.45. The molecule has 1 aliphatic heterocycles. The molecule has 6 rings (SSSR count). The van der Waals surface area contributed by atoms with Crippen LogP contribution in [0.5, 0.6) is 0 Å². The molecule has 1 aliphatic rings. The van der Waals surface area contributed by atoms with Crippen LogP contribution in [0.4, 0.5) is 5.95 Å². The van der Waals surface area contributed by atoms with Crippen LogP contribution in [0.3, 0.4) is 0 Å². The van der Waals surface area contributed by atoms with Gasteiger partial charge in [0.05, 0.1) is 18.9 Å². The minimum Gasteiger partial charge on any atom is -0.451 e. The fourth-order valence-corrected chi connectivity index (χ4v) is 4.74. The fraction of sp³-hybridized carbons (Fsp3) is 0.217. The first-order chi connectivity index (χ1) is 15.8. The van der Waals surface area contributed by atoms with Gasteiger partial charge in [0.2, 0.25) is 11.1 Å². The van der Waals surface area contributed by atoms with Gasteiger partial charge in [-0.25, -0.2) is 9.97 Å². The number of benzene rings is 2. The summed E-state index contributed by atoms with van der Waals surface area (Å²) in [6.07, 6.45) is 1.57. The summed E-state index contributed by atoms with van der Waals surface area (Å²) in [6, 6.07) is 16.2. The van der Waals surface area contributed by atoms with Crippen LogP contribution in [0.15, 0.2) is 69.5 Å². The second-order valence-corrected chi connectivity index (χ2v) is 8.57. The summed E-state index contributed by atoms with van der Waals surface area (Å²) in [7, 11) is 0. The fourth-order valence-electron chi connectivity index (χ4n) is 3.88. The highest BCUT2D eigenvalue weighted by Crippen LogP contribution is 2.37. The molecule has 4 heterocycles. The van der Waals surface area contributed by atoms with E-state index in [9.17, 15) is 0 Å². The number of rotatable bonds is 4. The molecular formula is C23H20N6O2S. The lowest BCUT2D eigenvalue weighted by Gasteiger charge is -2.27. The summed E-state index contributed by atoms with van der Waals surface area (Å²) in [5, 5.41) is 11.5. The van der Waals surface area contributed by atoms with Crippen LogP contribution in [-0.4, -0.2) is 51.0 Å². The Labute approximate surface area is 188 Å². The van der Waals surface area contributed by atoms with Crippen LogP contribution in [0.25, 0.3) is 27.8 Å². The standard InChI is InChI=1S/C23H20N6O2S/c1-15-6-8-16(9-7-15)29-22(28-10-12-30-13-11-28)26-27-23(29)32-21-20-19(24-14-25-21)17-4-2-3-5-18(17)31-20/h2-9,14H,10-13H2,1H3. The van der Waals surface area contributed by atoms with Crippen molar-refractivity contribution in [2.24, 2.45) is 0 Å². The lowest BCUT2D eigenvalue weighted by Crippen LogP contribution is -2.37. The molecule has 0 unspecified atom stereocenters. The normalized spacial score (nSPS) is 14.5. The molecule has 32 heavy (non-hydrogen) atoms. The maximum atomic E-state index is 6.11. The Balaban J connectivity index is 1.47. The molecule has 0 aliphatic carbocycles. The minimum absolute atomic E-state index is 0.657. The minimum atomic E-state index is 0.657. The van der Waals surface area contributed by atoms with Crippen LogP contribution < -0.4 is 4.90 Å². The van der Waals surface area contributed by atoms with E-state index in [1.54, 1.807) is 6.33 Å². The van der Waals surface area contributed by atoms with E-state index in [0.717, 1.165) is 46.4 Å². The lowest BCUT2D eigenvalue weighted by atomic mass is 10.2. The molecule has 2 aromatic carbocycles. The number of fused-ring (bicyclic) bond motifs is 3. The van der Waals surface area contributed by atoms with E-state index in [1.807, 2.05) is 24.3 Å². The number of para-hydroxylation sites is 1. The van der Waals surface area contributed by atoms with E-state index in [4.69, 9.17) is 9.15 Å². The number of hydrogen-bond acceptors (Lipinski definition) is 8. The van der Waals surface area contributed by atoms with Crippen molar-refractivity contribution in [1.29, 1.82) is 0 Å². The van der Waals surface area contributed by atoms with Crippen molar-refractivity contribution < 1.29 is 9.15 Å². The lowest BCUT2D eigenvalue weighted by molar-refractivity contribution is 0.122. The van der Waals surface area contributed by atoms with E-state index >= 15 is 0 Å². The number of morpholine rings is 1. The van der Waals surface area contributed by atoms with Gasteiger partial charge in [0.25, 0.3) is 0 Å². The van der Waals surface area contributed by atoms with Gasteiger partial charge in [0, 0.05) is 18.5 Å². The molecule has 9 heteroatoms. The highest BCUT2D eigenvalue weighted by molar-refractivity contribution is 7.99. The van der Waals surface area contributed by atoms with E-state index in [1.165, 1.54) is 17.3 Å². The summed E-state index contributed by atoms with van der Waals surface area (Å²) in [4.78, 5) is 11.2. The predicted molar refractivity (Wildman–Crippen MR) is 123 cm³/mol. The zero-order valence-corrected chi connectivity index (χ0v) is 18.2. The first kappa shape index (κ1) is 19.3. The van der Waals surface area contributed by atoms with Crippen LogP contribution in [0.1, 0.15) is 5.56 Å². The number of furan rings is 1. The second kappa shape index (κ2) is 7.92. The molecule has 0 amide bonds. The van der Waals surface area contributed by atoms with Crippen LogP contribution in [0.2, 0.25) is 0 Å². The van der Waals surface area contributed by atoms with Crippen molar-refractivity contribution >= 4 is 39.8 Å². The summed E-state index contributed by atoms with van der Waals surface area (Å²) < 4.78 is 13.7. The Morgan fingerprint density at radius 2 is 1.75 bits per heavy atom. The van der Waals surface area contributed by atoms with Crippen LogP contribution >= 0.6 is 11.8 Å². The summed E-state index contributed by atoms with van der Waals surface area (Å²) in [6.45, 7) is 4.98. The van der Waals surface area contributed by atoms with Gasteiger partial charge < -0.3 is 14.1 Å². The molecule has 1 saturated heterocycles. The van der Waals surface area contributed by atoms with Crippen molar-refractivity contribution in [2.75, 3.05) is 31.2 Å². The van der Waals surface area contributed by atoms with Crippen molar-refractivity contribution in [1.82, 2.24) is 24.7 Å². The molecule has 0 saturated carbocycles. The van der Waals surface area contributed by atoms with Gasteiger partial charge in [0.15, 0.2) is 10.6 Å². The average molecular weight is 445 g/mol. The van der Waals surface area contributed by atoms with Gasteiger partial charge in [-0.15, -0.1) is 10.2 Å². The zero-order valence-electron chi connectivity index (χ0n) is 17.4. The molecule has 1 fully saturated rings. The van der Waals surface area contributed by atoms with E-state index in [2.05, 4.69) is 60.8 Å². The maximum absolute atomic E-state index is 6.11.